The molecule has 7 heteroatoms. The molecule has 1 aromatic carbocycles. The number of amides is 1. The van der Waals surface area contributed by atoms with Gasteiger partial charge < -0.3 is 5.32 Å². The van der Waals surface area contributed by atoms with E-state index >= 15 is 0 Å². The molecule has 0 aliphatic carbocycles. The van der Waals surface area contributed by atoms with Gasteiger partial charge in [-0.15, -0.1) is 0 Å². The summed E-state index contributed by atoms with van der Waals surface area (Å²) in [6, 6.07) is 6.16. The Hall–Kier alpha value is -2.07. The molecule has 2 atom stereocenters. The van der Waals surface area contributed by atoms with Gasteiger partial charge in [0.15, 0.2) is 0 Å². The molecule has 4 nitrogen and oxygen atoms in total. The second kappa shape index (κ2) is 8.53. The third-order valence-corrected chi connectivity index (χ3v) is 3.19. The van der Waals surface area contributed by atoms with Crippen molar-refractivity contribution in [2.75, 3.05) is 6.54 Å². The Balaban J connectivity index is 3.00. The highest BCUT2D eigenvalue weighted by Gasteiger charge is 2.42. The van der Waals surface area contributed by atoms with E-state index in [-0.39, 0.29) is 24.4 Å². The highest BCUT2D eigenvalue weighted by Crippen LogP contribution is 2.33. The molecule has 0 aromatic heterocycles. The Morgan fingerprint density at radius 3 is 2.35 bits per heavy atom. The zero-order valence-corrected chi connectivity index (χ0v) is 13.0. The molecule has 126 valence electrons. The lowest BCUT2D eigenvalue weighted by molar-refractivity contribution is -0.161. The van der Waals surface area contributed by atoms with Gasteiger partial charge in [0.2, 0.25) is 5.91 Å². The maximum atomic E-state index is 13.4. The molecule has 0 fully saturated rings. The van der Waals surface area contributed by atoms with E-state index in [0.29, 0.717) is 0 Å². The largest absolute Gasteiger partial charge is 0.407 e. The molecule has 1 rings (SSSR count). The molecule has 0 spiro atoms. The predicted molar refractivity (Wildman–Crippen MR) is 80.2 cm³/mol. The molecule has 23 heavy (non-hydrogen) atoms. The van der Waals surface area contributed by atoms with Crippen molar-refractivity contribution in [2.24, 2.45) is 5.92 Å². The molecular weight excluding hydrogens is 307 g/mol. The average Bonchev–Trinajstić information content (AvgIpc) is 2.48. The summed E-state index contributed by atoms with van der Waals surface area (Å²) in [7, 11) is 0. The van der Waals surface area contributed by atoms with E-state index < -0.39 is 24.2 Å². The number of alkyl halides is 3. The molecule has 0 bridgehead atoms. The van der Waals surface area contributed by atoms with E-state index in [0.717, 1.165) is 0 Å². The molecule has 0 heterocycles. The molecular formula is C16H20F3N3O. The summed E-state index contributed by atoms with van der Waals surface area (Å²) in [6.07, 6.45) is -4.30. The summed E-state index contributed by atoms with van der Waals surface area (Å²) < 4.78 is 40.1. The number of nitrogens with one attached hydrogen (secondary N) is 2. The van der Waals surface area contributed by atoms with E-state index in [2.05, 4.69) is 10.6 Å². The lowest BCUT2D eigenvalue weighted by Gasteiger charge is -2.28. The van der Waals surface area contributed by atoms with Crippen molar-refractivity contribution in [1.82, 2.24) is 10.6 Å². The van der Waals surface area contributed by atoms with Crippen LogP contribution in [0.5, 0.6) is 0 Å². The number of rotatable bonds is 7. The van der Waals surface area contributed by atoms with Crippen LogP contribution in [0.1, 0.15) is 31.9 Å². The van der Waals surface area contributed by atoms with Crippen molar-refractivity contribution < 1.29 is 18.0 Å². The second-order valence-electron chi connectivity index (χ2n) is 5.61. The lowest BCUT2D eigenvalue weighted by atomic mass is 9.99. The minimum atomic E-state index is -4.54. The van der Waals surface area contributed by atoms with Gasteiger partial charge in [0, 0.05) is 0 Å². The van der Waals surface area contributed by atoms with Gasteiger partial charge in [0.1, 0.15) is 12.6 Å². The summed E-state index contributed by atoms with van der Waals surface area (Å²) in [5, 5.41) is 13.2. The second-order valence-corrected chi connectivity index (χ2v) is 5.61. The van der Waals surface area contributed by atoms with E-state index in [1.54, 1.807) is 12.1 Å². The predicted octanol–water partition coefficient (Wildman–Crippen LogP) is 2.93. The fourth-order valence-electron chi connectivity index (χ4n) is 2.20. The van der Waals surface area contributed by atoms with E-state index in [4.69, 9.17) is 5.26 Å². The average molecular weight is 327 g/mol. The van der Waals surface area contributed by atoms with Crippen LogP contribution in [0.2, 0.25) is 0 Å². The first kappa shape index (κ1) is 19.0. The number of hydrogen-bond donors (Lipinski definition) is 2. The third kappa shape index (κ3) is 6.28. The Kier molecular flexibility index (Phi) is 7.04. The van der Waals surface area contributed by atoms with Crippen LogP contribution in [0.15, 0.2) is 30.3 Å². The van der Waals surface area contributed by atoms with Crippen LogP contribution in [0.25, 0.3) is 0 Å². The van der Waals surface area contributed by atoms with Crippen molar-refractivity contribution in [1.29, 1.82) is 5.26 Å². The zero-order valence-electron chi connectivity index (χ0n) is 13.0. The molecule has 0 saturated heterocycles. The first-order valence-electron chi connectivity index (χ1n) is 7.28. The van der Waals surface area contributed by atoms with Gasteiger partial charge in [-0.25, -0.2) is 0 Å². The standard InChI is InChI=1S/C16H20F3N3O/c1-11(2)10-13(15(23)21-9-8-20)22-14(16(17,18)19)12-6-4-3-5-7-12/h3-7,11,13-14,22H,9-10H2,1-2H3,(H,21,23)/t13-,14?/m0/s1. The van der Waals surface area contributed by atoms with Crippen molar-refractivity contribution in [3.63, 3.8) is 0 Å². The highest BCUT2D eigenvalue weighted by atomic mass is 19.4. The molecule has 0 aliphatic rings. The van der Waals surface area contributed by atoms with Gasteiger partial charge >= 0.3 is 6.18 Å². The quantitative estimate of drug-likeness (QED) is 0.757. The Morgan fingerprint density at radius 1 is 1.26 bits per heavy atom. The normalized spacial score (nSPS) is 14.1. The Bertz CT molecular complexity index is 538. The number of carbonyl (C=O) groups excluding carboxylic acids is 1. The minimum Gasteiger partial charge on any atom is -0.342 e. The Morgan fingerprint density at radius 2 is 1.87 bits per heavy atom. The van der Waals surface area contributed by atoms with Gasteiger partial charge in [-0.1, -0.05) is 44.2 Å². The zero-order chi connectivity index (χ0) is 17.5. The fourth-order valence-corrected chi connectivity index (χ4v) is 2.20. The van der Waals surface area contributed by atoms with Crippen LogP contribution in [0.3, 0.4) is 0 Å². The van der Waals surface area contributed by atoms with Crippen molar-refractivity contribution in [2.45, 2.75) is 38.5 Å². The Labute approximate surface area is 133 Å². The third-order valence-electron chi connectivity index (χ3n) is 3.19. The molecule has 0 radical (unpaired) electrons. The van der Waals surface area contributed by atoms with Crippen LogP contribution >= 0.6 is 0 Å². The van der Waals surface area contributed by atoms with Crippen molar-refractivity contribution >= 4 is 5.91 Å². The molecule has 1 unspecified atom stereocenters. The topological polar surface area (TPSA) is 64.9 Å². The van der Waals surface area contributed by atoms with Crippen molar-refractivity contribution in [3.05, 3.63) is 35.9 Å². The van der Waals surface area contributed by atoms with E-state index in [1.165, 1.54) is 24.3 Å². The van der Waals surface area contributed by atoms with Gasteiger partial charge in [-0.3, -0.25) is 10.1 Å². The van der Waals surface area contributed by atoms with Crippen LogP contribution in [0.4, 0.5) is 13.2 Å². The number of hydrogen-bond acceptors (Lipinski definition) is 3. The van der Waals surface area contributed by atoms with Gasteiger partial charge in [0.05, 0.1) is 12.1 Å². The van der Waals surface area contributed by atoms with Crippen LogP contribution in [0, 0.1) is 17.2 Å². The maximum Gasteiger partial charge on any atom is 0.407 e. The van der Waals surface area contributed by atoms with Crippen LogP contribution < -0.4 is 10.6 Å². The highest BCUT2D eigenvalue weighted by molar-refractivity contribution is 5.82. The van der Waals surface area contributed by atoms with Gasteiger partial charge in [-0.05, 0) is 17.9 Å². The van der Waals surface area contributed by atoms with Gasteiger partial charge in [-0.2, -0.15) is 18.4 Å². The summed E-state index contributed by atoms with van der Waals surface area (Å²) in [5.74, 6) is -0.588. The number of halogens is 3. The minimum absolute atomic E-state index is 0.0185. The molecule has 0 saturated carbocycles. The monoisotopic (exact) mass is 327 g/mol. The number of nitriles is 1. The fraction of sp³-hybridized carbons (Fsp3) is 0.500. The maximum absolute atomic E-state index is 13.4. The molecule has 1 amide bonds. The van der Waals surface area contributed by atoms with Gasteiger partial charge in [0.25, 0.3) is 0 Å². The summed E-state index contributed by atoms with van der Waals surface area (Å²) >= 11 is 0. The van der Waals surface area contributed by atoms with E-state index in [9.17, 15) is 18.0 Å². The van der Waals surface area contributed by atoms with Crippen LogP contribution in [-0.4, -0.2) is 24.7 Å². The smallest absolute Gasteiger partial charge is 0.342 e. The molecule has 2 N–H and O–H groups in total. The number of carbonyl (C=O) groups is 1. The number of benzene rings is 1. The van der Waals surface area contributed by atoms with Crippen molar-refractivity contribution in [3.8, 4) is 6.07 Å². The molecule has 1 aromatic rings. The van der Waals surface area contributed by atoms with E-state index in [1.807, 2.05) is 13.8 Å². The SMILES string of the molecule is CC(C)C[C@H](NC(c1ccccc1)C(F)(F)F)C(=O)NCC#N. The lowest BCUT2D eigenvalue weighted by Crippen LogP contribution is -2.49. The number of nitrogens with zero attached hydrogens (tertiary/aromatic N) is 1. The first-order valence-corrected chi connectivity index (χ1v) is 7.28. The summed E-state index contributed by atoms with van der Waals surface area (Å²) in [5.41, 5.74) is 0.0434. The van der Waals surface area contributed by atoms with Crippen LogP contribution in [-0.2, 0) is 4.79 Å². The molecule has 0 aliphatic heterocycles. The summed E-state index contributed by atoms with van der Waals surface area (Å²) in [6.45, 7) is 3.39. The summed E-state index contributed by atoms with van der Waals surface area (Å²) in [4.78, 5) is 12.0. The first-order chi connectivity index (χ1) is 10.8.